The lowest BCUT2D eigenvalue weighted by Crippen LogP contribution is -2.55. The number of rotatable bonds is 6. The zero-order valence-electron chi connectivity index (χ0n) is 18.9. The molecule has 180 valence electrons. The molecule has 4 heterocycles. The van der Waals surface area contributed by atoms with Crippen LogP contribution in [0.15, 0.2) is 49.1 Å². The summed E-state index contributed by atoms with van der Waals surface area (Å²) in [5.41, 5.74) is 1.96. The molecular weight excluding hydrogens is 474 g/mol. The highest BCUT2D eigenvalue weighted by molar-refractivity contribution is 6.31. The van der Waals surface area contributed by atoms with Gasteiger partial charge in [-0.2, -0.15) is 10.2 Å². The van der Waals surface area contributed by atoms with E-state index >= 15 is 0 Å². The highest BCUT2D eigenvalue weighted by Gasteiger charge is 2.33. The van der Waals surface area contributed by atoms with Crippen LogP contribution in [0.4, 0.5) is 5.69 Å². The zero-order valence-corrected chi connectivity index (χ0v) is 19.7. The fourth-order valence-corrected chi connectivity index (χ4v) is 4.11. The van der Waals surface area contributed by atoms with Gasteiger partial charge >= 0.3 is 0 Å². The number of ether oxygens (including phenoxy) is 1. The first-order chi connectivity index (χ1) is 16.9. The summed E-state index contributed by atoms with van der Waals surface area (Å²) in [6.45, 7) is 2.27. The number of anilines is 1. The van der Waals surface area contributed by atoms with E-state index in [9.17, 15) is 14.7 Å². The van der Waals surface area contributed by atoms with Crippen molar-refractivity contribution >= 4 is 34.7 Å². The van der Waals surface area contributed by atoms with Crippen molar-refractivity contribution in [1.29, 1.82) is 0 Å². The Hall–Kier alpha value is -3.96. The maximum Gasteiger partial charge on any atom is 0.261 e. The Labute approximate surface area is 204 Å². The number of hydrogen-bond acceptors (Lipinski definition) is 7. The highest BCUT2D eigenvalue weighted by Crippen LogP contribution is 2.37. The number of amides is 2. The Bertz CT molecular complexity index is 1430. The fourth-order valence-electron chi connectivity index (χ4n) is 3.94. The van der Waals surface area contributed by atoms with E-state index in [1.807, 2.05) is 0 Å². The molecule has 4 aromatic rings. The van der Waals surface area contributed by atoms with Crippen molar-refractivity contribution in [2.75, 3.05) is 25.5 Å². The van der Waals surface area contributed by atoms with Crippen LogP contribution in [0, 0.1) is 0 Å². The fraction of sp³-hybridized carbons (Fsp3) is 0.261. The molecular formula is C23H22ClN7O4. The predicted octanol–water partition coefficient (Wildman–Crippen LogP) is 2.27. The molecule has 0 saturated carbocycles. The Morgan fingerprint density at radius 1 is 1.31 bits per heavy atom. The van der Waals surface area contributed by atoms with Crippen LogP contribution in [0.2, 0.25) is 5.02 Å². The summed E-state index contributed by atoms with van der Waals surface area (Å²) in [7, 11) is 1.52. The van der Waals surface area contributed by atoms with Gasteiger partial charge in [0.1, 0.15) is 23.0 Å². The highest BCUT2D eigenvalue weighted by atomic mass is 35.5. The second-order valence-corrected chi connectivity index (χ2v) is 8.63. The van der Waals surface area contributed by atoms with E-state index < -0.39 is 18.1 Å². The number of likely N-dealkylation sites (tertiary alicyclic amines) is 1. The molecule has 1 fully saturated rings. The average Bonchev–Trinajstić information content (AvgIpc) is 3.45. The van der Waals surface area contributed by atoms with Crippen molar-refractivity contribution in [3.63, 3.8) is 0 Å². The molecule has 11 nitrogen and oxygen atoms in total. The number of hydrogen-bond donors (Lipinski definition) is 2. The van der Waals surface area contributed by atoms with Crippen molar-refractivity contribution in [2.24, 2.45) is 0 Å². The molecule has 1 atom stereocenters. The third-order valence-corrected chi connectivity index (χ3v) is 6.08. The van der Waals surface area contributed by atoms with Gasteiger partial charge in [0.25, 0.3) is 5.91 Å². The lowest BCUT2D eigenvalue weighted by Gasteiger charge is -2.37. The first-order valence-electron chi connectivity index (χ1n) is 10.9. The van der Waals surface area contributed by atoms with Crippen molar-refractivity contribution in [1.82, 2.24) is 29.3 Å². The van der Waals surface area contributed by atoms with E-state index in [-0.39, 0.29) is 24.6 Å². The van der Waals surface area contributed by atoms with Gasteiger partial charge in [-0.25, -0.2) is 9.50 Å². The SMILES string of the molecule is COc1ccc(Cl)cc1-c1nn(C(C)C(=O)N2CC(O)C2)cc1NC(=O)c1cnn2cccnc12. The van der Waals surface area contributed by atoms with Crippen LogP contribution in [-0.2, 0) is 4.79 Å². The number of β-amino-alcohol motifs (C(OH)–C–C–N with tert-alkyl or cyclic N) is 1. The number of carbonyl (C=O) groups is 2. The maximum atomic E-state index is 13.2. The molecule has 0 radical (unpaired) electrons. The molecule has 2 N–H and O–H groups in total. The Balaban J connectivity index is 1.54. The smallest absolute Gasteiger partial charge is 0.261 e. The second-order valence-electron chi connectivity index (χ2n) is 8.19. The second kappa shape index (κ2) is 9.01. The molecule has 0 bridgehead atoms. The Morgan fingerprint density at radius 3 is 2.86 bits per heavy atom. The monoisotopic (exact) mass is 495 g/mol. The van der Waals surface area contributed by atoms with Crippen molar-refractivity contribution < 1.29 is 19.4 Å². The van der Waals surface area contributed by atoms with Gasteiger partial charge in [0, 0.05) is 36.1 Å². The van der Waals surface area contributed by atoms with E-state index in [1.165, 1.54) is 22.5 Å². The van der Waals surface area contributed by atoms with E-state index in [2.05, 4.69) is 20.5 Å². The van der Waals surface area contributed by atoms with Crippen molar-refractivity contribution in [3.05, 3.63) is 59.6 Å². The molecule has 12 heteroatoms. The molecule has 1 aromatic carbocycles. The van der Waals surface area contributed by atoms with Gasteiger partial charge in [0.15, 0.2) is 5.65 Å². The number of benzene rings is 1. The number of aliphatic hydroxyl groups excluding tert-OH is 1. The lowest BCUT2D eigenvalue weighted by molar-refractivity contribution is -0.144. The summed E-state index contributed by atoms with van der Waals surface area (Å²) in [6.07, 6.45) is 5.78. The van der Waals surface area contributed by atoms with Gasteiger partial charge in [0.05, 0.1) is 31.3 Å². The molecule has 0 aliphatic carbocycles. The predicted molar refractivity (Wildman–Crippen MR) is 127 cm³/mol. The molecule has 5 rings (SSSR count). The van der Waals surface area contributed by atoms with E-state index in [4.69, 9.17) is 16.3 Å². The largest absolute Gasteiger partial charge is 0.496 e. The topological polar surface area (TPSA) is 127 Å². The normalized spacial score (nSPS) is 14.6. The Morgan fingerprint density at radius 2 is 2.11 bits per heavy atom. The minimum absolute atomic E-state index is 0.188. The summed E-state index contributed by atoms with van der Waals surface area (Å²) in [5, 5.41) is 21.7. The number of fused-ring (bicyclic) bond motifs is 1. The third-order valence-electron chi connectivity index (χ3n) is 5.85. The van der Waals surface area contributed by atoms with Crippen LogP contribution in [0.25, 0.3) is 16.9 Å². The van der Waals surface area contributed by atoms with Gasteiger partial charge in [-0.05, 0) is 31.2 Å². The summed E-state index contributed by atoms with van der Waals surface area (Å²) >= 11 is 6.25. The Kier molecular flexibility index (Phi) is 5.87. The maximum absolute atomic E-state index is 13.2. The minimum Gasteiger partial charge on any atom is -0.496 e. The number of carbonyl (C=O) groups excluding carboxylic acids is 2. The summed E-state index contributed by atoms with van der Waals surface area (Å²) in [5.74, 6) is -0.130. The summed E-state index contributed by atoms with van der Waals surface area (Å²) in [6, 6.07) is 6.11. The van der Waals surface area contributed by atoms with Crippen molar-refractivity contribution in [2.45, 2.75) is 19.1 Å². The molecule has 2 amide bonds. The number of halogens is 1. The average molecular weight is 496 g/mol. The number of aliphatic hydroxyl groups is 1. The van der Waals surface area contributed by atoms with E-state index in [0.717, 1.165) is 0 Å². The molecule has 35 heavy (non-hydrogen) atoms. The molecule has 1 unspecified atom stereocenters. The number of nitrogens with zero attached hydrogens (tertiary/aromatic N) is 6. The lowest BCUT2D eigenvalue weighted by atomic mass is 10.1. The van der Waals surface area contributed by atoms with Crippen LogP contribution in [-0.4, -0.2) is 72.5 Å². The van der Waals surface area contributed by atoms with Crippen molar-refractivity contribution in [3.8, 4) is 17.0 Å². The van der Waals surface area contributed by atoms with E-state index in [1.54, 1.807) is 54.7 Å². The number of nitrogens with one attached hydrogen (secondary N) is 1. The molecule has 1 saturated heterocycles. The first-order valence-corrected chi connectivity index (χ1v) is 11.2. The zero-order chi connectivity index (χ0) is 24.7. The van der Waals surface area contributed by atoms with Crippen LogP contribution < -0.4 is 10.1 Å². The molecule has 1 aliphatic rings. The molecule has 3 aromatic heterocycles. The standard InChI is InChI=1S/C23H22ClN7O4/c1-13(23(34)29-10-15(32)11-29)31-12-18(20(28-31)16-8-14(24)4-5-19(16)35-2)27-22(33)17-9-26-30-7-3-6-25-21(17)30/h3-9,12-13,15,32H,10-11H2,1-2H3,(H,27,33). The molecule has 1 aliphatic heterocycles. The third kappa shape index (κ3) is 4.19. The van der Waals surface area contributed by atoms with Crippen LogP contribution in [0.1, 0.15) is 23.3 Å². The van der Waals surface area contributed by atoms with Crippen LogP contribution >= 0.6 is 11.6 Å². The minimum atomic E-state index is -0.671. The van der Waals surface area contributed by atoms with Crippen LogP contribution in [0.5, 0.6) is 5.75 Å². The van der Waals surface area contributed by atoms with Gasteiger partial charge < -0.3 is 20.1 Å². The summed E-state index contributed by atoms with van der Waals surface area (Å²) in [4.78, 5) is 31.9. The van der Waals surface area contributed by atoms with Gasteiger partial charge in [-0.15, -0.1) is 0 Å². The first kappa shape index (κ1) is 22.8. The van der Waals surface area contributed by atoms with Crippen LogP contribution in [0.3, 0.4) is 0 Å². The van der Waals surface area contributed by atoms with Gasteiger partial charge in [0.2, 0.25) is 5.91 Å². The molecule has 0 spiro atoms. The number of methoxy groups -OCH3 is 1. The summed E-state index contributed by atoms with van der Waals surface area (Å²) < 4.78 is 8.47. The van der Waals surface area contributed by atoms with E-state index in [0.29, 0.717) is 33.4 Å². The number of aromatic nitrogens is 5. The quantitative estimate of drug-likeness (QED) is 0.420. The van der Waals surface area contributed by atoms with Gasteiger partial charge in [-0.1, -0.05) is 11.6 Å². The van der Waals surface area contributed by atoms with Gasteiger partial charge in [-0.3, -0.25) is 14.3 Å².